The number of aryl methyl sites for hydroxylation is 1. The van der Waals surface area contributed by atoms with Crippen molar-refractivity contribution in [1.82, 2.24) is 0 Å². The molecule has 19 heavy (non-hydrogen) atoms. The van der Waals surface area contributed by atoms with E-state index in [2.05, 4.69) is 88.1 Å². The molecular formula is C17H23NS. The van der Waals surface area contributed by atoms with E-state index in [0.29, 0.717) is 5.92 Å². The van der Waals surface area contributed by atoms with E-state index in [1.807, 2.05) is 0 Å². The van der Waals surface area contributed by atoms with Crippen molar-refractivity contribution < 1.29 is 0 Å². The Bertz CT molecular complexity index is 515. The van der Waals surface area contributed by atoms with Crippen LogP contribution >= 0.6 is 12.8 Å². The summed E-state index contributed by atoms with van der Waals surface area (Å²) in [5.74, 6) is 0.600. The molecule has 1 nitrogen and oxygen atoms in total. The first-order chi connectivity index (χ1) is 9.09. The predicted molar refractivity (Wildman–Crippen MR) is 88.6 cm³/mol. The second-order valence-electron chi connectivity index (χ2n) is 5.02. The van der Waals surface area contributed by atoms with Crippen molar-refractivity contribution in [3.8, 4) is 11.1 Å². The average molecular weight is 273 g/mol. The molecule has 2 aromatic carbocycles. The maximum atomic E-state index is 4.19. The Kier molecular flexibility index (Phi) is 6.13. The fraction of sp³-hybridized carbons (Fsp3) is 0.294. The molecule has 0 saturated carbocycles. The van der Waals surface area contributed by atoms with Crippen molar-refractivity contribution in [1.29, 1.82) is 0 Å². The van der Waals surface area contributed by atoms with Crippen LogP contribution in [0, 0.1) is 13.8 Å². The zero-order chi connectivity index (χ0) is 14.4. The van der Waals surface area contributed by atoms with Gasteiger partial charge in [-0.25, -0.2) is 0 Å². The summed E-state index contributed by atoms with van der Waals surface area (Å²) in [5.41, 5.74) is 6.80. The number of benzene rings is 2. The Balaban J connectivity index is 0.000000861. The first-order valence-corrected chi connectivity index (χ1v) is 7.03. The van der Waals surface area contributed by atoms with E-state index in [1.165, 1.54) is 27.8 Å². The molecule has 0 amide bonds. The lowest BCUT2D eigenvalue weighted by atomic mass is 9.94. The first-order valence-electron chi connectivity index (χ1n) is 6.52. The molecule has 0 bridgehead atoms. The van der Waals surface area contributed by atoms with Crippen molar-refractivity contribution in [3.63, 3.8) is 0 Å². The largest absolute Gasteiger partial charge is 0.281 e. The fourth-order valence-electron chi connectivity index (χ4n) is 2.11. The molecule has 2 aromatic rings. The summed E-state index contributed by atoms with van der Waals surface area (Å²) in [6.07, 6.45) is 0. The van der Waals surface area contributed by atoms with Crippen LogP contribution in [0.5, 0.6) is 0 Å². The van der Waals surface area contributed by atoms with Gasteiger partial charge in [-0.2, -0.15) is 0 Å². The summed E-state index contributed by atoms with van der Waals surface area (Å²) < 4.78 is 0. The second kappa shape index (κ2) is 7.37. The Hall–Kier alpha value is -1.25. The molecule has 0 fully saturated rings. The lowest BCUT2D eigenvalue weighted by Gasteiger charge is -2.10. The molecule has 2 rings (SSSR count). The van der Waals surface area contributed by atoms with Gasteiger partial charge in [0.15, 0.2) is 0 Å². The summed E-state index contributed by atoms with van der Waals surface area (Å²) in [7, 11) is 0. The maximum absolute atomic E-state index is 4.19. The Morgan fingerprint density at radius 3 is 2.00 bits per heavy atom. The predicted octanol–water partition coefficient (Wildman–Crippen LogP) is 4.88. The van der Waals surface area contributed by atoms with Crippen LogP contribution in [0.1, 0.15) is 36.5 Å². The maximum Gasteiger partial charge on any atom is -0.0152 e. The van der Waals surface area contributed by atoms with Crippen LogP contribution < -0.4 is 5.14 Å². The number of nitrogens with two attached hydrogens (primary N) is 1. The van der Waals surface area contributed by atoms with Crippen LogP contribution in [0.15, 0.2) is 42.5 Å². The van der Waals surface area contributed by atoms with Gasteiger partial charge in [-0.05, 0) is 47.6 Å². The SMILES string of the molecule is Cc1cccc(-c2ccc(C(C)C)cc2)c1C.NS. The highest BCUT2D eigenvalue weighted by atomic mass is 32.1. The van der Waals surface area contributed by atoms with E-state index in [9.17, 15) is 0 Å². The minimum atomic E-state index is 0.600. The molecule has 2 heteroatoms. The zero-order valence-electron chi connectivity index (χ0n) is 12.1. The van der Waals surface area contributed by atoms with Crippen LogP contribution in [0.25, 0.3) is 11.1 Å². The van der Waals surface area contributed by atoms with Crippen molar-refractivity contribution in [2.75, 3.05) is 0 Å². The van der Waals surface area contributed by atoms with Gasteiger partial charge in [-0.15, -0.1) is 12.8 Å². The standard InChI is InChI=1S/C17H20.H3NS/c1-12(2)15-8-10-16(11-9-15)17-7-5-6-13(3)14(17)4;1-2/h5-12H,1-4H3;2H,1H2. The molecule has 0 atom stereocenters. The topological polar surface area (TPSA) is 26.0 Å². The molecule has 2 N–H and O–H groups in total. The zero-order valence-corrected chi connectivity index (χ0v) is 13.0. The molecule has 0 radical (unpaired) electrons. The molecule has 0 spiro atoms. The molecule has 0 aliphatic carbocycles. The van der Waals surface area contributed by atoms with E-state index in [4.69, 9.17) is 0 Å². The van der Waals surface area contributed by atoms with Crippen LogP contribution in [-0.2, 0) is 0 Å². The van der Waals surface area contributed by atoms with Crippen LogP contribution in [0.2, 0.25) is 0 Å². The molecule has 0 heterocycles. The van der Waals surface area contributed by atoms with E-state index in [0.717, 1.165) is 0 Å². The molecule has 0 aliphatic rings. The second-order valence-corrected chi connectivity index (χ2v) is 5.02. The average Bonchev–Trinajstić information content (AvgIpc) is 2.44. The Morgan fingerprint density at radius 2 is 1.47 bits per heavy atom. The Labute approximate surface area is 122 Å². The van der Waals surface area contributed by atoms with Gasteiger partial charge in [0.05, 0.1) is 0 Å². The van der Waals surface area contributed by atoms with Crippen molar-refractivity contribution in [2.45, 2.75) is 33.6 Å². The Morgan fingerprint density at radius 1 is 0.895 bits per heavy atom. The van der Waals surface area contributed by atoms with E-state index < -0.39 is 0 Å². The third kappa shape index (κ3) is 3.85. The van der Waals surface area contributed by atoms with Gasteiger partial charge >= 0.3 is 0 Å². The van der Waals surface area contributed by atoms with Crippen LogP contribution in [0.4, 0.5) is 0 Å². The third-order valence-corrected chi connectivity index (χ3v) is 3.49. The summed E-state index contributed by atoms with van der Waals surface area (Å²) in [4.78, 5) is 0. The van der Waals surface area contributed by atoms with Crippen LogP contribution in [-0.4, -0.2) is 0 Å². The summed E-state index contributed by atoms with van der Waals surface area (Å²) >= 11 is 3.03. The molecule has 0 unspecified atom stereocenters. The molecular weight excluding hydrogens is 250 g/mol. The van der Waals surface area contributed by atoms with Gasteiger partial charge in [0.1, 0.15) is 0 Å². The minimum absolute atomic E-state index is 0.600. The summed E-state index contributed by atoms with van der Waals surface area (Å²) in [6, 6.07) is 15.4. The summed E-state index contributed by atoms with van der Waals surface area (Å²) in [6.45, 7) is 8.82. The van der Waals surface area contributed by atoms with E-state index in [1.54, 1.807) is 0 Å². The van der Waals surface area contributed by atoms with Gasteiger partial charge in [0.25, 0.3) is 0 Å². The lowest BCUT2D eigenvalue weighted by Crippen LogP contribution is -1.89. The normalized spacial score (nSPS) is 10.1. The van der Waals surface area contributed by atoms with E-state index in [-0.39, 0.29) is 0 Å². The monoisotopic (exact) mass is 273 g/mol. The number of thiol groups is 1. The smallest absolute Gasteiger partial charge is 0.0152 e. The van der Waals surface area contributed by atoms with Crippen molar-refractivity contribution in [2.24, 2.45) is 5.14 Å². The van der Waals surface area contributed by atoms with Gasteiger partial charge in [0.2, 0.25) is 0 Å². The molecule has 0 aliphatic heterocycles. The van der Waals surface area contributed by atoms with Crippen molar-refractivity contribution in [3.05, 3.63) is 59.2 Å². The van der Waals surface area contributed by atoms with Gasteiger partial charge in [-0.1, -0.05) is 56.3 Å². The molecule has 0 saturated heterocycles. The fourth-order valence-corrected chi connectivity index (χ4v) is 2.11. The number of hydrogen-bond donors (Lipinski definition) is 2. The third-order valence-electron chi connectivity index (χ3n) is 3.49. The first kappa shape index (κ1) is 15.8. The molecule has 102 valence electrons. The van der Waals surface area contributed by atoms with Gasteiger partial charge in [-0.3, -0.25) is 5.14 Å². The highest BCUT2D eigenvalue weighted by molar-refractivity contribution is 7.77. The van der Waals surface area contributed by atoms with Gasteiger partial charge < -0.3 is 0 Å². The van der Waals surface area contributed by atoms with Crippen LogP contribution in [0.3, 0.4) is 0 Å². The lowest BCUT2D eigenvalue weighted by molar-refractivity contribution is 0.867. The summed E-state index contributed by atoms with van der Waals surface area (Å²) in [5, 5.41) is 4.19. The quantitative estimate of drug-likeness (QED) is 0.749. The number of hydrogen-bond acceptors (Lipinski definition) is 2. The van der Waals surface area contributed by atoms with Crippen molar-refractivity contribution >= 4 is 12.8 Å². The minimum Gasteiger partial charge on any atom is -0.281 e. The highest BCUT2D eigenvalue weighted by Crippen LogP contribution is 2.26. The van der Waals surface area contributed by atoms with Gasteiger partial charge in [0, 0.05) is 0 Å². The number of rotatable bonds is 2. The highest BCUT2D eigenvalue weighted by Gasteiger charge is 2.04. The van der Waals surface area contributed by atoms with E-state index >= 15 is 0 Å². The molecule has 0 aromatic heterocycles.